The van der Waals surface area contributed by atoms with Crippen LogP contribution in [0.15, 0.2) is 78.0 Å². The van der Waals surface area contributed by atoms with E-state index in [1.807, 2.05) is 55.6 Å². The first-order valence-corrected chi connectivity index (χ1v) is 15.8. The van der Waals surface area contributed by atoms with Crippen LogP contribution in [0.1, 0.15) is 34.3 Å². The van der Waals surface area contributed by atoms with Gasteiger partial charge in [-0.2, -0.15) is 8.42 Å². The Morgan fingerprint density at radius 3 is 2.41 bits per heavy atom. The van der Waals surface area contributed by atoms with E-state index in [-0.39, 0.29) is 10.8 Å². The molecule has 1 aliphatic rings. The minimum Gasteiger partial charge on any atom is -0.495 e. The van der Waals surface area contributed by atoms with E-state index in [0.29, 0.717) is 52.2 Å². The van der Waals surface area contributed by atoms with Gasteiger partial charge in [-0.05, 0) is 68.0 Å². The van der Waals surface area contributed by atoms with Crippen LogP contribution in [0.3, 0.4) is 0 Å². The normalized spacial score (nSPS) is 13.8. The third-order valence-electron chi connectivity index (χ3n) is 7.74. The van der Waals surface area contributed by atoms with Crippen molar-refractivity contribution in [2.24, 2.45) is 5.92 Å². The molecule has 3 heterocycles. The highest BCUT2D eigenvalue weighted by atomic mass is 32.2. The third kappa shape index (κ3) is 7.26. The van der Waals surface area contributed by atoms with Gasteiger partial charge in [0.15, 0.2) is 0 Å². The Balaban J connectivity index is 1.24. The Kier molecular flexibility index (Phi) is 9.31. The van der Waals surface area contributed by atoms with Crippen LogP contribution in [-0.4, -0.2) is 56.1 Å². The maximum atomic E-state index is 12.5. The molecule has 4 N–H and O–H groups in total. The van der Waals surface area contributed by atoms with E-state index in [1.54, 1.807) is 26.3 Å². The molecule has 0 spiro atoms. The molecule has 0 saturated carbocycles. The van der Waals surface area contributed by atoms with Crippen molar-refractivity contribution >= 4 is 44.7 Å². The van der Waals surface area contributed by atoms with E-state index in [0.717, 1.165) is 37.2 Å². The summed E-state index contributed by atoms with van der Waals surface area (Å²) in [5, 5.41) is 9.14. The molecule has 1 saturated heterocycles. The van der Waals surface area contributed by atoms with E-state index >= 15 is 0 Å². The first kappa shape index (κ1) is 30.8. The number of para-hydroxylation sites is 2. The summed E-state index contributed by atoms with van der Waals surface area (Å²) in [6, 6.07) is 18.1. The number of hydrogen-bond donors (Lipinski definition) is 4. The quantitative estimate of drug-likeness (QED) is 0.172. The topological polar surface area (TPSA) is 146 Å². The molecule has 1 fully saturated rings. The highest BCUT2D eigenvalue weighted by molar-refractivity contribution is 7.85. The molecule has 4 aromatic rings. The number of rotatable bonds is 10. The number of nitrogens with zero attached hydrogens (tertiary/aromatic N) is 3. The number of aromatic nitrogens is 2. The van der Waals surface area contributed by atoms with Gasteiger partial charge in [0.25, 0.3) is 16.0 Å². The SMILES string of the molecule is CNC(=O)c1cnc(Nc2ccc(N3CCC(Cc4cc(C)ccc4S(=O)(=O)O)CC3)cn2)cc1Nc1ccccc1OC. The van der Waals surface area contributed by atoms with Crippen molar-refractivity contribution in [1.29, 1.82) is 0 Å². The molecule has 0 unspecified atom stereocenters. The molecule has 230 valence electrons. The fourth-order valence-corrected chi connectivity index (χ4v) is 6.15. The average Bonchev–Trinajstić information content (AvgIpc) is 3.01. The van der Waals surface area contributed by atoms with Gasteiger partial charge < -0.3 is 25.6 Å². The first-order valence-electron chi connectivity index (χ1n) is 14.3. The number of carbonyl (C=O) groups excluding carboxylic acids is 1. The Hall–Kier alpha value is -4.68. The zero-order chi connectivity index (χ0) is 31.3. The van der Waals surface area contributed by atoms with Crippen molar-refractivity contribution < 1.29 is 22.5 Å². The molecule has 1 amide bonds. The van der Waals surface area contributed by atoms with Crippen LogP contribution in [0, 0.1) is 12.8 Å². The number of piperidine rings is 1. The van der Waals surface area contributed by atoms with E-state index in [1.165, 1.54) is 12.3 Å². The number of amides is 1. The molecular weight excluding hydrogens is 580 g/mol. The van der Waals surface area contributed by atoms with Crippen LogP contribution in [0.5, 0.6) is 5.75 Å². The molecule has 11 nitrogen and oxygen atoms in total. The van der Waals surface area contributed by atoms with Crippen LogP contribution < -0.4 is 25.6 Å². The predicted octanol–water partition coefficient (Wildman–Crippen LogP) is 5.35. The Bertz CT molecular complexity index is 1740. The van der Waals surface area contributed by atoms with Crippen molar-refractivity contribution in [1.82, 2.24) is 15.3 Å². The molecule has 1 aliphatic heterocycles. The highest BCUT2D eigenvalue weighted by Gasteiger charge is 2.23. The maximum absolute atomic E-state index is 12.5. The lowest BCUT2D eigenvalue weighted by Crippen LogP contribution is -2.34. The number of anilines is 5. The highest BCUT2D eigenvalue weighted by Crippen LogP contribution is 2.31. The lowest BCUT2D eigenvalue weighted by atomic mass is 9.89. The molecule has 2 aromatic carbocycles. The number of hydrogen-bond acceptors (Lipinski definition) is 9. The van der Waals surface area contributed by atoms with Gasteiger partial charge in [-0.15, -0.1) is 0 Å². The standard InChI is InChI=1S/C32H36N6O5S/c1-21-8-10-29(44(40,41)42)23(16-21)17-22-12-14-38(15-13-22)24-9-11-30(34-19-24)37-31-18-27(25(20-35-31)32(39)33-2)36-26-6-4-5-7-28(26)43-3/h4-11,16,18-20,22H,12-15,17H2,1-3H3,(H,33,39)(H,40,41,42)(H2,34,35,36,37). The van der Waals surface area contributed by atoms with Crippen LogP contribution in [0.2, 0.25) is 0 Å². The smallest absolute Gasteiger partial charge is 0.294 e. The fourth-order valence-electron chi connectivity index (χ4n) is 5.44. The number of nitrogens with one attached hydrogen (secondary N) is 3. The van der Waals surface area contributed by atoms with Gasteiger partial charge in [-0.1, -0.05) is 29.8 Å². The van der Waals surface area contributed by atoms with Gasteiger partial charge in [0, 0.05) is 32.4 Å². The van der Waals surface area contributed by atoms with Crippen molar-refractivity contribution in [2.75, 3.05) is 42.8 Å². The second-order valence-corrected chi connectivity index (χ2v) is 12.2. The molecule has 5 rings (SSSR count). The molecule has 12 heteroatoms. The summed E-state index contributed by atoms with van der Waals surface area (Å²) < 4.78 is 38.8. The molecule has 0 aliphatic carbocycles. The number of methoxy groups -OCH3 is 1. The van der Waals surface area contributed by atoms with Crippen LogP contribution in [-0.2, 0) is 16.5 Å². The lowest BCUT2D eigenvalue weighted by Gasteiger charge is -2.33. The van der Waals surface area contributed by atoms with Crippen molar-refractivity contribution in [2.45, 2.75) is 31.1 Å². The van der Waals surface area contributed by atoms with Crippen molar-refractivity contribution in [3.8, 4) is 5.75 Å². The van der Waals surface area contributed by atoms with Crippen LogP contribution in [0.25, 0.3) is 0 Å². The molecule has 44 heavy (non-hydrogen) atoms. The molecule has 2 aromatic heterocycles. The first-order chi connectivity index (χ1) is 21.1. The van der Waals surface area contributed by atoms with Crippen molar-refractivity contribution in [3.05, 3.63) is 89.7 Å². The number of ether oxygens (including phenoxy) is 1. The molecular formula is C32H36N6O5S. The number of carbonyl (C=O) groups is 1. The second kappa shape index (κ2) is 13.3. The summed E-state index contributed by atoms with van der Waals surface area (Å²) in [5.74, 6) is 1.79. The third-order valence-corrected chi connectivity index (χ3v) is 8.69. The number of pyridine rings is 2. The average molecular weight is 617 g/mol. The minimum atomic E-state index is -4.26. The van der Waals surface area contributed by atoms with E-state index in [4.69, 9.17) is 4.74 Å². The van der Waals surface area contributed by atoms with E-state index in [9.17, 15) is 17.8 Å². The largest absolute Gasteiger partial charge is 0.495 e. The van der Waals surface area contributed by atoms with E-state index in [2.05, 4.69) is 30.8 Å². The summed E-state index contributed by atoms with van der Waals surface area (Å²) in [4.78, 5) is 23.8. The summed E-state index contributed by atoms with van der Waals surface area (Å²) in [6.45, 7) is 3.54. The predicted molar refractivity (Wildman–Crippen MR) is 171 cm³/mol. The van der Waals surface area contributed by atoms with Crippen LogP contribution >= 0.6 is 0 Å². The Morgan fingerprint density at radius 2 is 1.73 bits per heavy atom. The zero-order valence-corrected chi connectivity index (χ0v) is 25.7. The molecule has 0 radical (unpaired) electrons. The zero-order valence-electron chi connectivity index (χ0n) is 24.9. The maximum Gasteiger partial charge on any atom is 0.294 e. The second-order valence-electron chi connectivity index (χ2n) is 10.8. The Labute approximate surface area is 257 Å². The van der Waals surface area contributed by atoms with Crippen LogP contribution in [0.4, 0.5) is 28.7 Å². The monoisotopic (exact) mass is 616 g/mol. The number of aryl methyl sites for hydroxylation is 1. The lowest BCUT2D eigenvalue weighted by molar-refractivity contribution is 0.0963. The van der Waals surface area contributed by atoms with E-state index < -0.39 is 10.1 Å². The molecule has 0 atom stereocenters. The van der Waals surface area contributed by atoms with Gasteiger partial charge in [0.1, 0.15) is 17.4 Å². The van der Waals surface area contributed by atoms with Gasteiger partial charge in [-0.25, -0.2) is 9.97 Å². The fraction of sp³-hybridized carbons (Fsp3) is 0.281. The summed E-state index contributed by atoms with van der Waals surface area (Å²) >= 11 is 0. The van der Waals surface area contributed by atoms with Gasteiger partial charge in [0.2, 0.25) is 0 Å². The summed E-state index contributed by atoms with van der Waals surface area (Å²) in [5.41, 5.74) is 4.27. The number of benzene rings is 2. The summed E-state index contributed by atoms with van der Waals surface area (Å²) in [7, 11) is -1.11. The molecule has 0 bridgehead atoms. The van der Waals surface area contributed by atoms with Crippen molar-refractivity contribution in [3.63, 3.8) is 0 Å². The van der Waals surface area contributed by atoms with Gasteiger partial charge >= 0.3 is 0 Å². The van der Waals surface area contributed by atoms with Gasteiger partial charge in [0.05, 0.1) is 40.8 Å². The van der Waals surface area contributed by atoms with Gasteiger partial charge in [-0.3, -0.25) is 9.35 Å². The Morgan fingerprint density at radius 1 is 0.977 bits per heavy atom. The minimum absolute atomic E-state index is 0.00160. The summed E-state index contributed by atoms with van der Waals surface area (Å²) in [6.07, 6.45) is 5.70.